The second-order valence-corrected chi connectivity index (χ2v) is 6.59. The summed E-state index contributed by atoms with van der Waals surface area (Å²) >= 11 is 0. The van der Waals surface area contributed by atoms with Crippen molar-refractivity contribution in [3.05, 3.63) is 0 Å². The summed E-state index contributed by atoms with van der Waals surface area (Å²) in [7, 11) is 0. The Morgan fingerprint density at radius 2 is 1.32 bits per heavy atom. The van der Waals surface area contributed by atoms with Gasteiger partial charge in [-0.1, -0.05) is 13.8 Å². The maximum atomic E-state index is 12.6. The first-order chi connectivity index (χ1) is 10.4. The molecule has 0 unspecified atom stereocenters. The van der Waals surface area contributed by atoms with E-state index < -0.39 is 0 Å². The van der Waals surface area contributed by atoms with E-state index in [1.54, 1.807) is 11.8 Å². The van der Waals surface area contributed by atoms with Crippen LogP contribution in [-0.2, 0) is 14.4 Å². The van der Waals surface area contributed by atoms with Gasteiger partial charge in [0.25, 0.3) is 0 Å². The summed E-state index contributed by atoms with van der Waals surface area (Å²) in [5.74, 6) is 0.500. The van der Waals surface area contributed by atoms with Crippen molar-refractivity contribution in [3.63, 3.8) is 0 Å². The average molecular weight is 309 g/mol. The van der Waals surface area contributed by atoms with Crippen molar-refractivity contribution in [3.8, 4) is 0 Å². The Bertz CT molecular complexity index is 434. The van der Waals surface area contributed by atoms with Gasteiger partial charge in [0.2, 0.25) is 17.7 Å². The number of amides is 3. The lowest BCUT2D eigenvalue weighted by molar-refractivity contribution is -0.144. The predicted octanol–water partition coefficient (Wildman–Crippen LogP) is 0.572. The molecule has 0 saturated carbocycles. The van der Waals surface area contributed by atoms with Crippen LogP contribution < -0.4 is 0 Å². The Labute approximate surface area is 132 Å². The minimum atomic E-state index is 0.0203. The molecule has 3 amide bonds. The molecule has 2 fully saturated rings. The lowest BCUT2D eigenvalue weighted by Gasteiger charge is -2.38. The van der Waals surface area contributed by atoms with Crippen molar-refractivity contribution < 1.29 is 14.4 Å². The van der Waals surface area contributed by atoms with Crippen molar-refractivity contribution in [1.82, 2.24) is 14.7 Å². The Morgan fingerprint density at radius 1 is 0.818 bits per heavy atom. The number of piperazine rings is 1. The quantitative estimate of drug-likeness (QED) is 0.749. The molecule has 0 aliphatic carbocycles. The zero-order valence-corrected chi connectivity index (χ0v) is 13.9. The number of likely N-dealkylation sites (tertiary alicyclic amines) is 1. The Kier molecular flexibility index (Phi) is 5.42. The van der Waals surface area contributed by atoms with Crippen LogP contribution in [0.2, 0.25) is 0 Å². The Hall–Kier alpha value is -1.59. The van der Waals surface area contributed by atoms with Crippen molar-refractivity contribution >= 4 is 17.7 Å². The molecule has 2 saturated heterocycles. The second kappa shape index (κ2) is 7.11. The van der Waals surface area contributed by atoms with Crippen LogP contribution in [0.4, 0.5) is 0 Å². The summed E-state index contributed by atoms with van der Waals surface area (Å²) in [5.41, 5.74) is 0. The van der Waals surface area contributed by atoms with Gasteiger partial charge in [-0.3, -0.25) is 14.4 Å². The van der Waals surface area contributed by atoms with Crippen molar-refractivity contribution in [2.45, 2.75) is 33.6 Å². The maximum absolute atomic E-state index is 12.6. The minimum Gasteiger partial charge on any atom is -0.342 e. The molecule has 2 heterocycles. The zero-order valence-electron chi connectivity index (χ0n) is 13.9. The third kappa shape index (κ3) is 3.78. The van der Waals surface area contributed by atoms with Gasteiger partial charge >= 0.3 is 0 Å². The van der Waals surface area contributed by atoms with Crippen LogP contribution in [0.15, 0.2) is 0 Å². The van der Waals surface area contributed by atoms with E-state index >= 15 is 0 Å². The number of carbonyl (C=O) groups excluding carboxylic acids is 3. The van der Waals surface area contributed by atoms with Crippen molar-refractivity contribution in [1.29, 1.82) is 0 Å². The van der Waals surface area contributed by atoms with Gasteiger partial charge in [0.05, 0.1) is 0 Å². The lowest BCUT2D eigenvalue weighted by Crippen LogP contribution is -2.53. The zero-order chi connectivity index (χ0) is 16.3. The number of piperidine rings is 1. The van der Waals surface area contributed by atoms with E-state index in [1.807, 2.05) is 23.6 Å². The second-order valence-electron chi connectivity index (χ2n) is 6.59. The highest BCUT2D eigenvalue weighted by Crippen LogP contribution is 2.21. The van der Waals surface area contributed by atoms with Crippen LogP contribution in [0.3, 0.4) is 0 Å². The van der Waals surface area contributed by atoms with Crippen molar-refractivity contribution in [2.24, 2.45) is 11.8 Å². The van der Waals surface area contributed by atoms with Gasteiger partial charge in [-0.15, -0.1) is 0 Å². The monoisotopic (exact) mass is 309 g/mol. The summed E-state index contributed by atoms with van der Waals surface area (Å²) in [6.07, 6.45) is 1.51. The highest BCUT2D eigenvalue weighted by molar-refractivity contribution is 5.81. The number of nitrogens with zero attached hydrogens (tertiary/aromatic N) is 3. The first-order valence-electron chi connectivity index (χ1n) is 8.23. The molecular formula is C16H27N3O3. The first-order valence-corrected chi connectivity index (χ1v) is 8.23. The van der Waals surface area contributed by atoms with E-state index in [-0.39, 0.29) is 29.6 Å². The smallest absolute Gasteiger partial charge is 0.225 e. The molecule has 2 aliphatic rings. The Morgan fingerprint density at radius 3 is 1.77 bits per heavy atom. The Balaban J connectivity index is 1.81. The van der Waals surface area contributed by atoms with E-state index in [1.165, 1.54) is 0 Å². The van der Waals surface area contributed by atoms with Gasteiger partial charge in [-0.2, -0.15) is 0 Å². The molecule has 6 nitrogen and oxygen atoms in total. The van der Waals surface area contributed by atoms with Crippen LogP contribution in [0.1, 0.15) is 33.6 Å². The van der Waals surface area contributed by atoms with Gasteiger partial charge in [0.15, 0.2) is 0 Å². The van der Waals surface area contributed by atoms with E-state index in [0.717, 1.165) is 12.8 Å². The molecule has 0 atom stereocenters. The SMILES string of the molecule is CC(=O)N1CCN(C(=O)C2CCN(C(=O)C(C)C)CC2)CC1. The normalized spacial score (nSPS) is 20.5. The third-order valence-corrected chi connectivity index (χ3v) is 4.69. The van der Waals surface area contributed by atoms with Crippen LogP contribution in [0, 0.1) is 11.8 Å². The molecule has 2 aliphatic heterocycles. The summed E-state index contributed by atoms with van der Waals surface area (Å²) in [4.78, 5) is 41.4. The molecule has 124 valence electrons. The van der Waals surface area contributed by atoms with Crippen molar-refractivity contribution in [2.75, 3.05) is 39.3 Å². The molecule has 22 heavy (non-hydrogen) atoms. The molecule has 0 radical (unpaired) electrons. The highest BCUT2D eigenvalue weighted by Gasteiger charge is 2.32. The standard InChI is InChI=1S/C16H27N3O3/c1-12(2)15(21)18-6-4-14(5-7-18)16(22)19-10-8-17(9-11-19)13(3)20/h12,14H,4-11H2,1-3H3. The minimum absolute atomic E-state index is 0.0203. The number of hydrogen-bond acceptors (Lipinski definition) is 3. The van der Waals surface area contributed by atoms with Gasteiger partial charge in [-0.25, -0.2) is 0 Å². The summed E-state index contributed by atoms with van der Waals surface area (Å²) in [6, 6.07) is 0. The molecular weight excluding hydrogens is 282 g/mol. The highest BCUT2D eigenvalue weighted by atomic mass is 16.2. The lowest BCUT2D eigenvalue weighted by atomic mass is 9.94. The molecule has 0 spiro atoms. The van der Waals surface area contributed by atoms with E-state index in [4.69, 9.17) is 0 Å². The van der Waals surface area contributed by atoms with Crippen LogP contribution >= 0.6 is 0 Å². The number of hydrogen-bond donors (Lipinski definition) is 0. The average Bonchev–Trinajstić information content (AvgIpc) is 2.53. The van der Waals surface area contributed by atoms with Gasteiger partial charge in [0.1, 0.15) is 0 Å². The summed E-state index contributed by atoms with van der Waals surface area (Å²) < 4.78 is 0. The topological polar surface area (TPSA) is 60.9 Å². The summed E-state index contributed by atoms with van der Waals surface area (Å²) in [6.45, 7) is 9.27. The summed E-state index contributed by atoms with van der Waals surface area (Å²) in [5, 5.41) is 0. The molecule has 6 heteroatoms. The third-order valence-electron chi connectivity index (χ3n) is 4.69. The van der Waals surface area contributed by atoms with Gasteiger partial charge < -0.3 is 14.7 Å². The molecule has 0 aromatic rings. The molecule has 0 aromatic carbocycles. The first kappa shape index (κ1) is 16.8. The van der Waals surface area contributed by atoms with Crippen LogP contribution in [-0.4, -0.2) is 71.7 Å². The molecule has 0 bridgehead atoms. The molecule has 0 aromatic heterocycles. The number of rotatable bonds is 2. The van der Waals surface area contributed by atoms with Crippen LogP contribution in [0.25, 0.3) is 0 Å². The fourth-order valence-corrected chi connectivity index (χ4v) is 3.21. The molecule has 0 N–H and O–H groups in total. The number of carbonyl (C=O) groups is 3. The van der Waals surface area contributed by atoms with E-state index in [9.17, 15) is 14.4 Å². The molecule has 2 rings (SSSR count). The fraction of sp³-hybridized carbons (Fsp3) is 0.812. The predicted molar refractivity (Wildman–Crippen MR) is 83.0 cm³/mol. The fourth-order valence-electron chi connectivity index (χ4n) is 3.21. The van der Waals surface area contributed by atoms with Gasteiger partial charge in [0, 0.05) is 58.0 Å². The van der Waals surface area contributed by atoms with Gasteiger partial charge in [-0.05, 0) is 12.8 Å². The largest absolute Gasteiger partial charge is 0.342 e. The van der Waals surface area contributed by atoms with Crippen LogP contribution in [0.5, 0.6) is 0 Å². The van der Waals surface area contributed by atoms with E-state index in [0.29, 0.717) is 39.3 Å². The maximum Gasteiger partial charge on any atom is 0.225 e. The van der Waals surface area contributed by atoms with E-state index in [2.05, 4.69) is 0 Å².